The second-order valence-corrected chi connectivity index (χ2v) is 32.5. The minimum Gasteiger partial charge on any atom is -0.324 e. The Kier molecular flexibility index (Phi) is 21.7. The Morgan fingerprint density at radius 3 is 0.979 bits per heavy atom. The number of nitrogens with one attached hydrogen (secondary N) is 8. The van der Waals surface area contributed by atoms with Crippen molar-refractivity contribution in [2.75, 3.05) is 42.5 Å². The molecule has 8 aromatic carbocycles. The van der Waals surface area contributed by atoms with Gasteiger partial charge in [-0.1, -0.05) is 24.2 Å². The Morgan fingerprint density at radius 2 is 0.632 bits per heavy atom. The molecule has 0 aliphatic rings. The van der Waals surface area contributed by atoms with Crippen LogP contribution in [0, 0.1) is 82.8 Å². The summed E-state index contributed by atoms with van der Waals surface area (Å²) in [5, 5.41) is 22.0. The van der Waals surface area contributed by atoms with Crippen molar-refractivity contribution >= 4 is 92.9 Å². The number of anilines is 12. The maximum absolute atomic E-state index is 13.5. The summed E-state index contributed by atoms with van der Waals surface area (Å²) in [6, 6.07) is 38.9. The molecule has 12 aromatic heterocycles. The summed E-state index contributed by atoms with van der Waals surface area (Å²) in [6.07, 6.45) is 32.8. The molecule has 0 atom stereocenters. The number of aryl methyl sites for hydroxylation is 8. The Balaban J connectivity index is 0.000000149. The van der Waals surface area contributed by atoms with Crippen molar-refractivity contribution in [2.45, 2.75) is 82.8 Å². The summed E-state index contributed by atoms with van der Waals surface area (Å²) in [5.41, 5.74) is 10.7. The van der Waals surface area contributed by atoms with Crippen molar-refractivity contribution in [3.63, 3.8) is 0 Å². The van der Waals surface area contributed by atoms with Gasteiger partial charge in [0, 0.05) is 241 Å². The quantitative estimate of drug-likeness (QED) is 0.0278. The maximum Gasteiger partial charge on any atom is 0.255 e. The van der Waals surface area contributed by atoms with Crippen LogP contribution in [-0.4, -0.2) is 112 Å². The number of hydrogen-bond donors (Lipinski definition) is 8. The third kappa shape index (κ3) is 25.2. The molecule has 144 heavy (non-hydrogen) atoms. The van der Waals surface area contributed by atoms with Crippen LogP contribution in [0.3, 0.4) is 0 Å². The van der Waals surface area contributed by atoms with Crippen LogP contribution in [0.1, 0.15) is 141 Å². The van der Waals surface area contributed by atoms with Crippen molar-refractivity contribution < 1.29 is 52.1 Å². The minimum absolute atomic E-state index is 0.0145. The first kappa shape index (κ1) is 70.4. The van der Waals surface area contributed by atoms with E-state index in [-0.39, 0.29) is 133 Å². The summed E-state index contributed by atoms with van der Waals surface area (Å²) in [4.78, 5) is 113. The second kappa shape index (κ2) is 44.5. The van der Waals surface area contributed by atoms with Crippen molar-refractivity contribution in [3.8, 4) is 67.8 Å². The van der Waals surface area contributed by atoms with Crippen LogP contribution >= 0.6 is 0 Å². The van der Waals surface area contributed by atoms with Gasteiger partial charge in [-0.25, -0.2) is 49.8 Å². The van der Waals surface area contributed by atoms with E-state index in [2.05, 4.69) is 112 Å². The SMILES string of the molecule is [2H]c1c(C)c([2H])c(-n2ccc(C)c2)c([2H])c1NC(=O)c1ccc(C([2H])([2H])[2H])c(Nc2nccc(-c3cccnc3)n2)c1.[2H]c1c(C)c([2H])c(-n2cnc(C)c2)c([2H])c1NC(=O)c1ccc(C([2H])([2H])[2H])c(Nc2nccc(-c3cccnc3)n2)c1.[2H]c1c([2H])c(C([2H])([2H])[2H])c(Nc2nccc(-c3cccnc3)n2)c([2H])c1C(=O)Nc1cc(C)cc(-n2ccc(C)c2)c1.[2H]c1c([2H])c(C([2H])([2H])[2H])c(Nc2nccc(-c3cccnc3)n2)c([2H])c1C(=O)Nc1cc(C)cc(-n2cnc(C)c2)c1. The fraction of sp³-hybridized carbons (Fsp3) is 0.105. The van der Waals surface area contributed by atoms with Crippen LogP contribution in [0.5, 0.6) is 0 Å². The average Bonchev–Trinajstić information content (AvgIpc) is 0.948. The molecule has 30 nitrogen and oxygen atoms in total. The van der Waals surface area contributed by atoms with E-state index in [1.165, 1.54) is 72.1 Å². The fourth-order valence-corrected chi connectivity index (χ4v) is 14.3. The number of carbonyl (C=O) groups is 4. The zero-order valence-corrected chi connectivity index (χ0v) is 78.2. The second-order valence-electron chi connectivity index (χ2n) is 32.5. The van der Waals surface area contributed by atoms with E-state index in [0.29, 0.717) is 56.5 Å². The lowest BCUT2D eigenvalue weighted by Crippen LogP contribution is -2.13. The lowest BCUT2D eigenvalue weighted by molar-refractivity contribution is 0.101. The molecule has 20 aromatic rings. The summed E-state index contributed by atoms with van der Waals surface area (Å²) in [7, 11) is 0. The van der Waals surface area contributed by atoms with E-state index in [9.17, 15) is 19.2 Å². The van der Waals surface area contributed by atoms with E-state index in [1.54, 1.807) is 189 Å². The predicted octanol–water partition coefficient (Wildman–Crippen LogP) is 23.8. The smallest absolute Gasteiger partial charge is 0.255 e. The predicted molar refractivity (Wildman–Crippen MR) is 567 cm³/mol. The molecule has 0 aliphatic carbocycles. The van der Waals surface area contributed by atoms with Crippen LogP contribution in [-0.2, 0) is 0 Å². The Bertz CT molecular complexity index is 8800. The van der Waals surface area contributed by atoms with Crippen molar-refractivity contribution in [2.24, 2.45) is 0 Å². The number of benzene rings is 8. The summed E-state index contributed by atoms with van der Waals surface area (Å²) in [6.45, 7) is 3.58. The topological polar surface area (TPSA) is 365 Å². The first-order valence-electron chi connectivity index (χ1n) is 56.3. The van der Waals surface area contributed by atoms with Gasteiger partial charge in [-0.15, -0.1) is 0 Å². The van der Waals surface area contributed by atoms with Crippen molar-refractivity contribution in [1.29, 1.82) is 0 Å². The van der Waals surface area contributed by atoms with Crippen LogP contribution in [0.4, 0.5) is 69.3 Å². The normalized spacial score (nSPS) is 13.5. The van der Waals surface area contributed by atoms with Crippen LogP contribution < -0.4 is 42.5 Å². The molecule has 0 unspecified atom stereocenters. The van der Waals surface area contributed by atoms with Gasteiger partial charge in [-0.3, -0.25) is 39.1 Å². The monoisotopic (exact) mass is 1920 g/mol. The molecule has 12 heterocycles. The number of carbonyl (C=O) groups excluding carboxylic acids is 4. The zero-order valence-electron chi connectivity index (χ0n) is 102. The van der Waals surface area contributed by atoms with Gasteiger partial charge in [0.2, 0.25) is 23.8 Å². The molecule has 0 spiro atoms. The lowest BCUT2D eigenvalue weighted by Gasteiger charge is -2.13. The summed E-state index contributed by atoms with van der Waals surface area (Å²) < 4.78 is 206. The van der Waals surface area contributed by atoms with E-state index >= 15 is 0 Å². The molecule has 8 N–H and O–H groups in total. The highest BCUT2D eigenvalue weighted by molar-refractivity contribution is 6.08. The maximum atomic E-state index is 13.5. The molecule has 4 amide bonds. The molecule has 0 saturated carbocycles. The van der Waals surface area contributed by atoms with Crippen molar-refractivity contribution in [1.82, 2.24) is 88.0 Å². The zero-order chi connectivity index (χ0) is 121. The first-order chi connectivity index (χ1) is 79.7. The highest BCUT2D eigenvalue weighted by atomic mass is 16.2. The third-order valence-corrected chi connectivity index (χ3v) is 21.1. The largest absolute Gasteiger partial charge is 0.324 e. The van der Waals surface area contributed by atoms with E-state index in [0.717, 1.165) is 50.4 Å². The van der Waals surface area contributed by atoms with Gasteiger partial charge in [-0.2, -0.15) is 0 Å². The number of rotatable bonds is 24. The number of hydrogen-bond acceptors (Lipinski definition) is 22. The molecule has 30 heteroatoms. The van der Waals surface area contributed by atoms with Gasteiger partial charge in [0.15, 0.2) is 0 Å². The van der Waals surface area contributed by atoms with Gasteiger partial charge < -0.3 is 60.8 Å². The molecule has 0 bridgehead atoms. The number of aromatic nitrogens is 18. The van der Waals surface area contributed by atoms with Crippen molar-refractivity contribution in [3.05, 3.63) is 444 Å². The van der Waals surface area contributed by atoms with Crippen LogP contribution in [0.2, 0.25) is 0 Å². The molecule has 20 rings (SSSR count). The average molecular weight is 1920 g/mol. The highest BCUT2D eigenvalue weighted by Crippen LogP contribution is 2.33. The van der Waals surface area contributed by atoms with Crippen LogP contribution in [0.15, 0.2) is 354 Å². The van der Waals surface area contributed by atoms with E-state index in [1.807, 2.05) is 94.2 Å². The van der Waals surface area contributed by atoms with Gasteiger partial charge in [0.25, 0.3) is 23.6 Å². The molecule has 712 valence electrons. The summed E-state index contributed by atoms with van der Waals surface area (Å²) in [5.74, 6) is -2.88. The fourth-order valence-electron chi connectivity index (χ4n) is 14.3. The van der Waals surface area contributed by atoms with Crippen LogP contribution in [0.25, 0.3) is 67.8 Å². The highest BCUT2D eigenvalue weighted by Gasteiger charge is 2.20. The third-order valence-electron chi connectivity index (χ3n) is 21.1. The molecule has 0 saturated heterocycles. The number of amides is 4. The number of nitrogens with zero attached hydrogens (tertiary/aromatic N) is 18. The summed E-state index contributed by atoms with van der Waals surface area (Å²) >= 11 is 0. The Labute approximate surface area is 866 Å². The lowest BCUT2D eigenvalue weighted by atomic mass is 10.1. The van der Waals surface area contributed by atoms with Gasteiger partial charge in [-0.05, 0) is 344 Å². The molecule has 0 radical (unpaired) electrons. The molecule has 0 aliphatic heterocycles. The molecule has 0 fully saturated rings. The van der Waals surface area contributed by atoms with Gasteiger partial charge >= 0.3 is 0 Å². The van der Waals surface area contributed by atoms with E-state index in [4.69, 9.17) is 32.9 Å². The molecular formula is C114H102N26O4. The number of imidazole rings is 2. The Morgan fingerprint density at radius 1 is 0.285 bits per heavy atom. The van der Waals surface area contributed by atoms with Gasteiger partial charge in [0.05, 0.1) is 63.3 Å². The standard InChI is InChI=1S/2C29H26N6O.2C28H25N7O/c2*1-19-9-12-35(18-19)25-14-20(2)13-24(16-25)32-28(36)22-7-6-21(3)27(15-22)34-29-31-11-8-26(33-29)23-5-4-10-30-17-23;2*1-18-11-23(14-24(12-18)35-16-20(3)31-17-35)32-27(36)21-7-6-19(2)26(13-21)34-28-30-10-8-25(33-28)22-5-4-9-29-15-22/h2*4-18H,1-3H3,(H,32,36)(H,31,33,34);2*4-17H,1-3H3,(H,32,36)(H,30,33,34)/i3D3,13D,14D,16D;3D3,6D,7D,15D;2D3,11D,12D,14D;2D3,6D,7D,13D. The Hall–Kier alpha value is -19.3. The first-order valence-corrected chi connectivity index (χ1v) is 44.3. The number of pyridine rings is 4. The van der Waals surface area contributed by atoms with Gasteiger partial charge in [0.1, 0.15) is 0 Å². The minimum atomic E-state index is -2.88. The molecular weight excluding hydrogens is 1800 g/mol. The van der Waals surface area contributed by atoms with E-state index < -0.39 is 110 Å².